The first-order valence-corrected chi connectivity index (χ1v) is 8.78. The SMILES string of the molecule is C[NH+](C)CCN1C(=O)c2oc3ccccc3c(=O)c2[C@H]1c1ccccc1. The predicted octanol–water partition coefficient (Wildman–Crippen LogP) is 1.48. The van der Waals surface area contributed by atoms with Crippen molar-refractivity contribution >= 4 is 16.9 Å². The Morgan fingerprint density at radius 3 is 2.42 bits per heavy atom. The van der Waals surface area contributed by atoms with Gasteiger partial charge in [-0.2, -0.15) is 0 Å². The van der Waals surface area contributed by atoms with Crippen molar-refractivity contribution in [3.63, 3.8) is 0 Å². The molecule has 1 aliphatic rings. The smallest absolute Gasteiger partial charge is 0.291 e. The zero-order valence-corrected chi connectivity index (χ0v) is 14.9. The first-order chi connectivity index (χ1) is 12.6. The summed E-state index contributed by atoms with van der Waals surface area (Å²) in [6, 6.07) is 16.4. The molecule has 1 N–H and O–H groups in total. The van der Waals surface area contributed by atoms with E-state index in [4.69, 9.17) is 4.42 Å². The molecule has 132 valence electrons. The third kappa shape index (κ3) is 2.61. The Morgan fingerprint density at radius 1 is 1.00 bits per heavy atom. The minimum absolute atomic E-state index is 0.122. The number of fused-ring (bicyclic) bond motifs is 2. The Kier molecular flexibility index (Phi) is 4.09. The van der Waals surface area contributed by atoms with Crippen LogP contribution in [-0.4, -0.2) is 38.0 Å². The van der Waals surface area contributed by atoms with Gasteiger partial charge in [0.25, 0.3) is 5.91 Å². The quantitative estimate of drug-likeness (QED) is 0.776. The van der Waals surface area contributed by atoms with Crippen LogP contribution in [0.3, 0.4) is 0 Å². The maximum absolute atomic E-state index is 13.2. The van der Waals surface area contributed by atoms with Gasteiger partial charge in [0.2, 0.25) is 5.76 Å². The summed E-state index contributed by atoms with van der Waals surface area (Å²) >= 11 is 0. The van der Waals surface area contributed by atoms with Crippen molar-refractivity contribution in [1.82, 2.24) is 4.90 Å². The molecule has 3 aromatic rings. The van der Waals surface area contributed by atoms with E-state index in [1.165, 1.54) is 4.90 Å². The van der Waals surface area contributed by atoms with Gasteiger partial charge < -0.3 is 14.2 Å². The molecular weight excluding hydrogens is 328 g/mol. The standard InChI is InChI=1S/C21H20N2O3/c1-22(2)12-13-23-18(14-8-4-3-5-9-14)17-19(24)15-10-6-7-11-16(15)26-20(17)21(23)25/h3-11,18H,12-13H2,1-2H3/p+1/t18-/m1/s1. The van der Waals surface area contributed by atoms with E-state index in [1.807, 2.05) is 50.5 Å². The summed E-state index contributed by atoms with van der Waals surface area (Å²) in [4.78, 5) is 29.3. The van der Waals surface area contributed by atoms with Crippen LogP contribution in [-0.2, 0) is 0 Å². The second-order valence-corrected chi connectivity index (χ2v) is 6.94. The molecule has 0 saturated carbocycles. The molecular formula is C21H21N2O3+. The number of rotatable bonds is 4. The molecule has 0 spiro atoms. The molecule has 1 amide bonds. The van der Waals surface area contributed by atoms with E-state index in [2.05, 4.69) is 0 Å². The molecule has 1 aliphatic heterocycles. The third-order valence-electron chi connectivity index (χ3n) is 4.84. The normalized spacial score (nSPS) is 16.5. The first kappa shape index (κ1) is 16.5. The van der Waals surface area contributed by atoms with Gasteiger partial charge in [-0.1, -0.05) is 42.5 Å². The number of amides is 1. The Labute approximate surface area is 151 Å². The highest BCUT2D eigenvalue weighted by Crippen LogP contribution is 2.37. The molecule has 5 heteroatoms. The lowest BCUT2D eigenvalue weighted by Crippen LogP contribution is -3.06. The number of hydrogen-bond acceptors (Lipinski definition) is 3. The molecule has 2 heterocycles. The van der Waals surface area contributed by atoms with E-state index in [1.54, 1.807) is 23.1 Å². The fourth-order valence-electron chi connectivity index (χ4n) is 3.52. The van der Waals surface area contributed by atoms with Crippen LogP contribution in [0, 0.1) is 0 Å². The average Bonchev–Trinajstić information content (AvgIpc) is 2.93. The van der Waals surface area contributed by atoms with Crippen molar-refractivity contribution < 1.29 is 14.1 Å². The van der Waals surface area contributed by atoms with Crippen LogP contribution >= 0.6 is 0 Å². The lowest BCUT2D eigenvalue weighted by Gasteiger charge is -2.25. The zero-order valence-electron chi connectivity index (χ0n) is 14.9. The van der Waals surface area contributed by atoms with Gasteiger partial charge in [-0.3, -0.25) is 9.59 Å². The van der Waals surface area contributed by atoms with Gasteiger partial charge in [0.1, 0.15) is 5.58 Å². The van der Waals surface area contributed by atoms with Gasteiger partial charge in [-0.15, -0.1) is 0 Å². The Morgan fingerprint density at radius 2 is 1.69 bits per heavy atom. The highest BCUT2D eigenvalue weighted by molar-refractivity contribution is 5.99. The van der Waals surface area contributed by atoms with Crippen molar-refractivity contribution in [2.45, 2.75) is 6.04 Å². The maximum atomic E-state index is 13.2. The van der Waals surface area contributed by atoms with Crippen LogP contribution in [0.2, 0.25) is 0 Å². The van der Waals surface area contributed by atoms with Gasteiger partial charge in [0.05, 0.1) is 44.2 Å². The largest absolute Gasteiger partial charge is 0.450 e. The number of hydrogen-bond donors (Lipinski definition) is 1. The minimum Gasteiger partial charge on any atom is -0.450 e. The number of carbonyl (C=O) groups is 1. The fourth-order valence-corrected chi connectivity index (χ4v) is 3.52. The maximum Gasteiger partial charge on any atom is 0.291 e. The number of nitrogens with one attached hydrogen (secondary N) is 1. The molecule has 1 atom stereocenters. The number of carbonyl (C=O) groups excluding carboxylic acids is 1. The molecule has 0 fully saturated rings. The van der Waals surface area contributed by atoms with Gasteiger partial charge in [-0.05, 0) is 17.7 Å². The van der Waals surface area contributed by atoms with Gasteiger partial charge in [-0.25, -0.2) is 0 Å². The van der Waals surface area contributed by atoms with E-state index in [0.717, 1.165) is 12.1 Å². The van der Waals surface area contributed by atoms with Crippen LogP contribution in [0.25, 0.3) is 11.0 Å². The first-order valence-electron chi connectivity index (χ1n) is 8.78. The lowest BCUT2D eigenvalue weighted by atomic mass is 9.98. The molecule has 5 nitrogen and oxygen atoms in total. The Bertz CT molecular complexity index is 1020. The van der Waals surface area contributed by atoms with Crippen LogP contribution in [0.5, 0.6) is 0 Å². The highest BCUT2D eigenvalue weighted by Gasteiger charge is 2.42. The van der Waals surface area contributed by atoms with Crippen molar-refractivity contribution in [3.8, 4) is 0 Å². The van der Waals surface area contributed by atoms with Crippen LogP contribution in [0.4, 0.5) is 0 Å². The second kappa shape index (κ2) is 6.42. The average molecular weight is 349 g/mol. The van der Waals surface area contributed by atoms with E-state index in [-0.39, 0.29) is 17.1 Å². The van der Waals surface area contributed by atoms with Crippen molar-refractivity contribution in [3.05, 3.63) is 81.7 Å². The summed E-state index contributed by atoms with van der Waals surface area (Å²) in [5.74, 6) is -0.0331. The van der Waals surface area contributed by atoms with Gasteiger partial charge in [0, 0.05) is 0 Å². The Hall–Kier alpha value is -2.92. The number of nitrogens with zero attached hydrogens (tertiary/aromatic N) is 1. The summed E-state index contributed by atoms with van der Waals surface area (Å²) in [5, 5.41) is 0.514. The molecule has 0 saturated heterocycles. The molecule has 0 unspecified atom stereocenters. The van der Waals surface area contributed by atoms with Crippen LogP contribution < -0.4 is 10.3 Å². The molecule has 26 heavy (non-hydrogen) atoms. The summed E-state index contributed by atoms with van der Waals surface area (Å²) in [6.07, 6.45) is 0. The summed E-state index contributed by atoms with van der Waals surface area (Å²) in [5.41, 5.74) is 1.71. The Balaban J connectivity index is 1.93. The number of quaternary nitrogens is 1. The topological polar surface area (TPSA) is 55.0 Å². The van der Waals surface area contributed by atoms with Crippen molar-refractivity contribution in [2.75, 3.05) is 27.2 Å². The number of likely N-dealkylation sites (N-methyl/N-ethyl adjacent to an activating group) is 1. The fraction of sp³-hybridized carbons (Fsp3) is 0.238. The third-order valence-corrected chi connectivity index (χ3v) is 4.84. The molecule has 0 bridgehead atoms. The summed E-state index contributed by atoms with van der Waals surface area (Å²) < 4.78 is 5.89. The van der Waals surface area contributed by atoms with E-state index in [9.17, 15) is 9.59 Å². The minimum atomic E-state index is -0.404. The van der Waals surface area contributed by atoms with E-state index in [0.29, 0.717) is 23.1 Å². The molecule has 0 aliphatic carbocycles. The summed E-state index contributed by atoms with van der Waals surface area (Å²) in [7, 11) is 4.09. The molecule has 0 radical (unpaired) electrons. The highest BCUT2D eigenvalue weighted by atomic mass is 16.3. The van der Waals surface area contributed by atoms with Crippen molar-refractivity contribution in [1.29, 1.82) is 0 Å². The zero-order chi connectivity index (χ0) is 18.3. The monoisotopic (exact) mass is 349 g/mol. The number of benzene rings is 2. The second-order valence-electron chi connectivity index (χ2n) is 6.94. The summed E-state index contributed by atoms with van der Waals surface area (Å²) in [6.45, 7) is 1.34. The van der Waals surface area contributed by atoms with Gasteiger partial charge >= 0.3 is 0 Å². The molecule has 1 aromatic heterocycles. The number of para-hydroxylation sites is 1. The van der Waals surface area contributed by atoms with Gasteiger partial charge in [0.15, 0.2) is 5.43 Å². The lowest BCUT2D eigenvalue weighted by molar-refractivity contribution is -0.857. The van der Waals surface area contributed by atoms with Crippen LogP contribution in [0.1, 0.15) is 27.7 Å². The molecule has 2 aromatic carbocycles. The van der Waals surface area contributed by atoms with E-state index < -0.39 is 6.04 Å². The predicted molar refractivity (Wildman–Crippen MR) is 99.5 cm³/mol. The van der Waals surface area contributed by atoms with Crippen molar-refractivity contribution in [2.24, 2.45) is 0 Å². The van der Waals surface area contributed by atoms with E-state index >= 15 is 0 Å². The molecule has 4 rings (SSSR count). The van der Waals surface area contributed by atoms with Crippen LogP contribution in [0.15, 0.2) is 63.8 Å².